The van der Waals surface area contributed by atoms with E-state index in [1.165, 1.54) is 0 Å². The van der Waals surface area contributed by atoms with Crippen molar-refractivity contribution in [3.8, 4) is 0 Å². The molecule has 0 amide bonds. The zero-order valence-corrected chi connectivity index (χ0v) is 8.32. The van der Waals surface area contributed by atoms with Gasteiger partial charge in [-0.2, -0.15) is 0 Å². The highest BCUT2D eigenvalue weighted by Crippen LogP contribution is 2.08. The summed E-state index contributed by atoms with van der Waals surface area (Å²) in [7, 11) is 0. The molecule has 1 rings (SSSR count). The lowest BCUT2D eigenvalue weighted by molar-refractivity contribution is 0.845. The maximum Gasteiger partial charge on any atom is 0.106 e. The van der Waals surface area contributed by atoms with Gasteiger partial charge in [0.2, 0.25) is 0 Å². The number of rotatable bonds is 3. The van der Waals surface area contributed by atoms with Gasteiger partial charge in [0.05, 0.1) is 0 Å². The van der Waals surface area contributed by atoms with Gasteiger partial charge in [-0.3, -0.25) is 0 Å². The Morgan fingerprint density at radius 3 is 2.50 bits per heavy atom. The molecule has 0 saturated carbocycles. The number of nitrogens with zero attached hydrogens (tertiary/aromatic N) is 1. The van der Waals surface area contributed by atoms with E-state index >= 15 is 0 Å². The summed E-state index contributed by atoms with van der Waals surface area (Å²) in [6.45, 7) is 6.28. The van der Waals surface area contributed by atoms with E-state index in [2.05, 4.69) is 23.7 Å². The van der Waals surface area contributed by atoms with Crippen molar-refractivity contribution in [2.24, 2.45) is 0 Å². The number of H-pyrrole nitrogens is 1. The zero-order valence-electron chi connectivity index (χ0n) is 7.50. The van der Waals surface area contributed by atoms with Crippen LogP contribution < -0.4 is 4.90 Å². The minimum atomic E-state index is 0.791. The van der Waals surface area contributed by atoms with Gasteiger partial charge in [-0.25, -0.2) is 0 Å². The highest BCUT2D eigenvalue weighted by atomic mass is 32.1. The van der Waals surface area contributed by atoms with E-state index in [-0.39, 0.29) is 0 Å². The maximum atomic E-state index is 5.03. The Bertz CT molecular complexity index is 289. The summed E-state index contributed by atoms with van der Waals surface area (Å²) in [5.74, 6) is 1.10. The first-order chi connectivity index (χ1) is 5.77. The first kappa shape index (κ1) is 9.26. The van der Waals surface area contributed by atoms with Crippen molar-refractivity contribution >= 4 is 18.0 Å². The summed E-state index contributed by atoms with van der Waals surface area (Å²) in [4.78, 5) is 5.38. The topological polar surface area (TPSA) is 19.0 Å². The Morgan fingerprint density at radius 2 is 2.00 bits per heavy atom. The fourth-order valence-corrected chi connectivity index (χ4v) is 1.37. The molecule has 0 radical (unpaired) electrons. The Kier molecular flexibility index (Phi) is 3.29. The van der Waals surface area contributed by atoms with Crippen LogP contribution in [0.4, 0.5) is 5.82 Å². The van der Waals surface area contributed by atoms with Crippen molar-refractivity contribution in [3.05, 3.63) is 22.8 Å². The molecular formula is C9H14N2S. The first-order valence-corrected chi connectivity index (χ1v) is 4.63. The molecule has 0 fully saturated rings. The van der Waals surface area contributed by atoms with Crippen LogP contribution in [0, 0.1) is 4.64 Å². The van der Waals surface area contributed by atoms with E-state index in [0.717, 1.165) is 23.5 Å². The van der Waals surface area contributed by atoms with Crippen molar-refractivity contribution < 1.29 is 0 Å². The number of aromatic amines is 1. The van der Waals surface area contributed by atoms with Gasteiger partial charge in [0.25, 0.3) is 0 Å². The van der Waals surface area contributed by atoms with Gasteiger partial charge in [0, 0.05) is 13.1 Å². The van der Waals surface area contributed by atoms with E-state index in [1.54, 1.807) is 0 Å². The molecule has 0 bridgehead atoms. The smallest absolute Gasteiger partial charge is 0.106 e. The van der Waals surface area contributed by atoms with Gasteiger partial charge in [-0.15, -0.1) is 0 Å². The molecule has 0 aliphatic carbocycles. The van der Waals surface area contributed by atoms with Crippen molar-refractivity contribution in [2.45, 2.75) is 13.8 Å². The molecule has 0 unspecified atom stereocenters. The SMILES string of the molecule is CCN(CC)c1cccc(=S)[nH]1. The Balaban J connectivity index is 2.93. The Hall–Kier alpha value is -0.830. The fourth-order valence-electron chi connectivity index (χ4n) is 1.18. The molecule has 12 heavy (non-hydrogen) atoms. The van der Waals surface area contributed by atoms with Crippen LogP contribution in [0.2, 0.25) is 0 Å². The molecule has 2 nitrogen and oxygen atoms in total. The lowest BCUT2D eigenvalue weighted by Crippen LogP contribution is -2.22. The second kappa shape index (κ2) is 4.26. The van der Waals surface area contributed by atoms with Crippen LogP contribution in [-0.4, -0.2) is 18.1 Å². The summed E-state index contributed by atoms with van der Waals surface area (Å²) in [5, 5.41) is 0. The van der Waals surface area contributed by atoms with E-state index in [9.17, 15) is 0 Å². The number of hydrogen-bond acceptors (Lipinski definition) is 2. The molecule has 1 N–H and O–H groups in total. The van der Waals surface area contributed by atoms with Crippen LogP contribution in [0.5, 0.6) is 0 Å². The lowest BCUT2D eigenvalue weighted by atomic mass is 10.4. The summed E-state index contributed by atoms with van der Waals surface area (Å²) in [6, 6.07) is 5.91. The minimum absolute atomic E-state index is 0.791. The van der Waals surface area contributed by atoms with Crippen LogP contribution >= 0.6 is 12.2 Å². The molecule has 0 aliphatic rings. The van der Waals surface area contributed by atoms with Gasteiger partial charge >= 0.3 is 0 Å². The molecular weight excluding hydrogens is 168 g/mol. The Labute approximate surface area is 78.2 Å². The molecule has 0 aromatic carbocycles. The number of aromatic nitrogens is 1. The number of anilines is 1. The van der Waals surface area contributed by atoms with E-state index in [1.807, 2.05) is 18.2 Å². The second-order valence-corrected chi connectivity index (χ2v) is 3.01. The van der Waals surface area contributed by atoms with Crippen molar-refractivity contribution in [3.63, 3.8) is 0 Å². The van der Waals surface area contributed by atoms with Crippen LogP contribution in [0.15, 0.2) is 18.2 Å². The number of hydrogen-bond donors (Lipinski definition) is 1. The van der Waals surface area contributed by atoms with Crippen LogP contribution in [-0.2, 0) is 0 Å². The predicted octanol–water partition coefficient (Wildman–Crippen LogP) is 2.59. The molecule has 66 valence electrons. The average molecular weight is 182 g/mol. The lowest BCUT2D eigenvalue weighted by Gasteiger charge is -2.19. The average Bonchev–Trinajstić information content (AvgIpc) is 2.07. The van der Waals surface area contributed by atoms with Crippen LogP contribution in [0.1, 0.15) is 13.8 Å². The maximum absolute atomic E-state index is 5.03. The second-order valence-electron chi connectivity index (χ2n) is 2.57. The number of nitrogens with one attached hydrogen (secondary N) is 1. The molecule has 0 saturated heterocycles. The highest BCUT2D eigenvalue weighted by Gasteiger charge is 1.99. The molecule has 1 aromatic rings. The van der Waals surface area contributed by atoms with Crippen molar-refractivity contribution in [1.29, 1.82) is 0 Å². The first-order valence-electron chi connectivity index (χ1n) is 4.22. The third kappa shape index (κ3) is 2.08. The number of pyridine rings is 1. The predicted molar refractivity (Wildman–Crippen MR) is 55.2 cm³/mol. The minimum Gasteiger partial charge on any atom is -0.359 e. The van der Waals surface area contributed by atoms with Gasteiger partial charge in [0.1, 0.15) is 10.5 Å². The monoisotopic (exact) mass is 182 g/mol. The quantitative estimate of drug-likeness (QED) is 0.725. The third-order valence-corrected chi connectivity index (χ3v) is 2.10. The van der Waals surface area contributed by atoms with Crippen LogP contribution in [0.3, 0.4) is 0 Å². The summed E-state index contributed by atoms with van der Waals surface area (Å²) >= 11 is 5.03. The molecule has 1 heterocycles. The van der Waals surface area contributed by atoms with Gasteiger partial charge in [0.15, 0.2) is 0 Å². The standard InChI is InChI=1S/C9H14N2S/c1-3-11(4-2)8-6-5-7-9(12)10-8/h5-7H,3-4H2,1-2H3,(H,10,12). The summed E-state index contributed by atoms with van der Waals surface area (Å²) in [6.07, 6.45) is 0. The van der Waals surface area contributed by atoms with E-state index in [0.29, 0.717) is 0 Å². The highest BCUT2D eigenvalue weighted by molar-refractivity contribution is 7.71. The largest absolute Gasteiger partial charge is 0.359 e. The third-order valence-electron chi connectivity index (χ3n) is 1.86. The molecule has 0 atom stereocenters. The van der Waals surface area contributed by atoms with Crippen molar-refractivity contribution in [1.82, 2.24) is 4.98 Å². The van der Waals surface area contributed by atoms with Crippen molar-refractivity contribution in [2.75, 3.05) is 18.0 Å². The van der Waals surface area contributed by atoms with E-state index < -0.39 is 0 Å². The van der Waals surface area contributed by atoms with Gasteiger partial charge < -0.3 is 9.88 Å². The van der Waals surface area contributed by atoms with E-state index in [4.69, 9.17) is 12.2 Å². The van der Waals surface area contributed by atoms with Gasteiger partial charge in [-0.1, -0.05) is 18.3 Å². The normalized spacial score (nSPS) is 9.83. The summed E-state index contributed by atoms with van der Waals surface area (Å²) in [5.41, 5.74) is 0. The molecule has 1 aromatic heterocycles. The fraction of sp³-hybridized carbons (Fsp3) is 0.444. The summed E-state index contributed by atoms with van der Waals surface area (Å²) < 4.78 is 0.791. The van der Waals surface area contributed by atoms with Gasteiger partial charge in [-0.05, 0) is 26.0 Å². The Morgan fingerprint density at radius 1 is 1.33 bits per heavy atom. The zero-order chi connectivity index (χ0) is 8.97. The molecule has 3 heteroatoms. The van der Waals surface area contributed by atoms with Crippen LogP contribution in [0.25, 0.3) is 0 Å². The molecule has 0 spiro atoms. The molecule has 0 aliphatic heterocycles.